The second-order valence-electron chi connectivity index (χ2n) is 4.04. The minimum atomic E-state index is 0.581. The summed E-state index contributed by atoms with van der Waals surface area (Å²) in [6.07, 6.45) is 5.08. The van der Waals surface area contributed by atoms with E-state index in [9.17, 15) is 4.79 Å². The zero-order valence-electron chi connectivity index (χ0n) is 9.45. The van der Waals surface area contributed by atoms with E-state index in [4.69, 9.17) is 0 Å². The minimum Gasteiger partial charge on any atom is -0.314 e. The first-order valence-corrected chi connectivity index (χ1v) is 6.57. The number of nitrogens with one attached hydrogen (secondary N) is 2. The number of carbonyl (C=O) groups excluding carboxylic acids is 1. The molecule has 1 aromatic rings. The van der Waals surface area contributed by atoms with Crippen LogP contribution in [0.1, 0.15) is 30.3 Å². The smallest absolute Gasteiger partial charge is 0.213 e. The van der Waals surface area contributed by atoms with Crippen molar-refractivity contribution in [1.82, 2.24) is 10.3 Å². The molecule has 4 nitrogen and oxygen atoms in total. The van der Waals surface area contributed by atoms with E-state index in [1.165, 1.54) is 17.0 Å². The van der Waals surface area contributed by atoms with Gasteiger partial charge in [-0.3, -0.25) is 4.79 Å². The lowest BCUT2D eigenvalue weighted by molar-refractivity contribution is -0.105. The first-order chi connectivity index (χ1) is 7.83. The molecule has 2 rings (SSSR count). The number of anilines is 1. The van der Waals surface area contributed by atoms with E-state index in [2.05, 4.69) is 22.5 Å². The van der Waals surface area contributed by atoms with E-state index in [1.807, 2.05) is 0 Å². The lowest BCUT2D eigenvalue weighted by Crippen LogP contribution is -2.34. The van der Waals surface area contributed by atoms with E-state index >= 15 is 0 Å². The molecule has 0 spiro atoms. The molecule has 0 radical (unpaired) electrons. The Balaban J connectivity index is 1.99. The van der Waals surface area contributed by atoms with Gasteiger partial charge in [-0.05, 0) is 32.2 Å². The van der Waals surface area contributed by atoms with Gasteiger partial charge in [0.25, 0.3) is 0 Å². The summed E-state index contributed by atoms with van der Waals surface area (Å²) >= 11 is 1.60. The van der Waals surface area contributed by atoms with Crippen LogP contribution in [0, 0.1) is 0 Å². The number of hydrogen-bond acceptors (Lipinski definition) is 4. The Morgan fingerprint density at radius 2 is 2.50 bits per heavy atom. The summed E-state index contributed by atoms with van der Waals surface area (Å²) < 4.78 is 0. The van der Waals surface area contributed by atoms with Crippen LogP contribution in [0.5, 0.6) is 0 Å². The summed E-state index contributed by atoms with van der Waals surface area (Å²) in [4.78, 5) is 16.1. The molecule has 16 heavy (non-hydrogen) atoms. The summed E-state index contributed by atoms with van der Waals surface area (Å²) in [6.45, 7) is 3.26. The van der Waals surface area contributed by atoms with Gasteiger partial charge in [-0.2, -0.15) is 0 Å². The molecule has 88 valence electrons. The Kier molecular flexibility index (Phi) is 3.90. The predicted molar refractivity (Wildman–Crippen MR) is 65.9 cm³/mol. The molecular formula is C11H17N3OS. The predicted octanol–water partition coefficient (Wildman–Crippen LogP) is 1.57. The SMILES string of the molecule is CCCNC1CCc2nc(NC=O)sc2C1. The number of fused-ring (bicyclic) bond motifs is 1. The maximum atomic E-state index is 10.3. The van der Waals surface area contributed by atoms with E-state index in [0.29, 0.717) is 12.5 Å². The minimum absolute atomic E-state index is 0.581. The van der Waals surface area contributed by atoms with Crippen LogP contribution in [0.25, 0.3) is 0 Å². The van der Waals surface area contributed by atoms with Crippen LogP contribution in [-0.4, -0.2) is 24.0 Å². The number of amides is 1. The third-order valence-corrected chi connectivity index (χ3v) is 3.86. The highest BCUT2D eigenvalue weighted by Crippen LogP contribution is 2.29. The van der Waals surface area contributed by atoms with Crippen LogP contribution in [-0.2, 0) is 17.6 Å². The normalized spacial score (nSPS) is 19.2. The van der Waals surface area contributed by atoms with E-state index < -0.39 is 0 Å². The Hall–Kier alpha value is -0.940. The molecule has 5 heteroatoms. The highest BCUT2D eigenvalue weighted by Gasteiger charge is 2.21. The Morgan fingerprint density at radius 3 is 3.25 bits per heavy atom. The number of aromatic nitrogens is 1. The van der Waals surface area contributed by atoms with Gasteiger partial charge in [0, 0.05) is 10.9 Å². The molecule has 1 aliphatic carbocycles. The molecular weight excluding hydrogens is 222 g/mol. The van der Waals surface area contributed by atoms with Crippen LogP contribution in [0.3, 0.4) is 0 Å². The van der Waals surface area contributed by atoms with Gasteiger partial charge in [-0.15, -0.1) is 11.3 Å². The second-order valence-corrected chi connectivity index (χ2v) is 5.13. The summed E-state index contributed by atoms with van der Waals surface area (Å²) in [5.41, 5.74) is 1.17. The number of carbonyl (C=O) groups is 1. The number of thiazole rings is 1. The summed E-state index contributed by atoms with van der Waals surface area (Å²) in [5.74, 6) is 0. The standard InChI is InChI=1S/C11H17N3OS/c1-2-5-12-8-3-4-9-10(6-8)16-11(14-9)13-7-15/h7-8,12H,2-6H2,1H3,(H,13,14,15). The Morgan fingerprint density at radius 1 is 1.62 bits per heavy atom. The fourth-order valence-electron chi connectivity index (χ4n) is 2.01. The van der Waals surface area contributed by atoms with Gasteiger partial charge in [0.05, 0.1) is 5.69 Å². The van der Waals surface area contributed by atoms with E-state index in [0.717, 1.165) is 30.9 Å². The molecule has 1 aromatic heterocycles. The van der Waals surface area contributed by atoms with Crippen molar-refractivity contribution in [2.24, 2.45) is 0 Å². The molecule has 1 unspecified atom stereocenters. The molecule has 0 saturated carbocycles. The van der Waals surface area contributed by atoms with Crippen molar-refractivity contribution in [3.63, 3.8) is 0 Å². The average molecular weight is 239 g/mol. The summed E-state index contributed by atoms with van der Waals surface area (Å²) in [7, 11) is 0. The summed E-state index contributed by atoms with van der Waals surface area (Å²) in [6, 6.07) is 0.581. The van der Waals surface area contributed by atoms with Crippen LogP contribution < -0.4 is 10.6 Å². The van der Waals surface area contributed by atoms with Crippen LogP contribution in [0.2, 0.25) is 0 Å². The number of aryl methyl sites for hydroxylation is 1. The van der Waals surface area contributed by atoms with Crippen molar-refractivity contribution < 1.29 is 4.79 Å². The van der Waals surface area contributed by atoms with Crippen LogP contribution >= 0.6 is 11.3 Å². The average Bonchev–Trinajstić information content (AvgIpc) is 2.68. The van der Waals surface area contributed by atoms with E-state index in [-0.39, 0.29) is 0 Å². The molecule has 1 amide bonds. The summed E-state index contributed by atoms with van der Waals surface area (Å²) in [5, 5.41) is 6.90. The van der Waals surface area contributed by atoms with Crippen molar-refractivity contribution in [3.05, 3.63) is 10.6 Å². The molecule has 1 aliphatic rings. The number of nitrogens with zero attached hydrogens (tertiary/aromatic N) is 1. The van der Waals surface area contributed by atoms with Gasteiger partial charge < -0.3 is 10.6 Å². The van der Waals surface area contributed by atoms with Crippen molar-refractivity contribution in [3.8, 4) is 0 Å². The van der Waals surface area contributed by atoms with Gasteiger partial charge in [-0.1, -0.05) is 6.92 Å². The van der Waals surface area contributed by atoms with Gasteiger partial charge in [0.15, 0.2) is 5.13 Å². The first kappa shape index (κ1) is 11.5. The maximum absolute atomic E-state index is 10.3. The third kappa shape index (κ3) is 2.59. The molecule has 1 atom stereocenters. The van der Waals surface area contributed by atoms with E-state index in [1.54, 1.807) is 11.3 Å². The Labute approximate surface area is 99.5 Å². The highest BCUT2D eigenvalue weighted by molar-refractivity contribution is 7.15. The van der Waals surface area contributed by atoms with Crippen molar-refractivity contribution in [2.75, 3.05) is 11.9 Å². The largest absolute Gasteiger partial charge is 0.314 e. The van der Waals surface area contributed by atoms with Crippen molar-refractivity contribution in [2.45, 2.75) is 38.6 Å². The van der Waals surface area contributed by atoms with Crippen molar-refractivity contribution in [1.29, 1.82) is 0 Å². The molecule has 0 aromatic carbocycles. The highest BCUT2D eigenvalue weighted by atomic mass is 32.1. The Bertz CT molecular complexity index is 364. The first-order valence-electron chi connectivity index (χ1n) is 5.75. The van der Waals surface area contributed by atoms with Gasteiger partial charge >= 0.3 is 0 Å². The monoisotopic (exact) mass is 239 g/mol. The lowest BCUT2D eigenvalue weighted by atomic mass is 9.98. The maximum Gasteiger partial charge on any atom is 0.213 e. The number of hydrogen-bond donors (Lipinski definition) is 2. The molecule has 0 bridgehead atoms. The van der Waals surface area contributed by atoms with Crippen molar-refractivity contribution >= 4 is 22.9 Å². The van der Waals surface area contributed by atoms with Gasteiger partial charge in [-0.25, -0.2) is 4.98 Å². The third-order valence-electron chi connectivity index (χ3n) is 2.81. The molecule has 1 heterocycles. The fourth-order valence-corrected chi connectivity index (χ4v) is 3.06. The quantitative estimate of drug-likeness (QED) is 0.767. The number of rotatable bonds is 5. The molecule has 2 N–H and O–H groups in total. The van der Waals surface area contributed by atoms with Gasteiger partial charge in [0.1, 0.15) is 0 Å². The lowest BCUT2D eigenvalue weighted by Gasteiger charge is -2.21. The van der Waals surface area contributed by atoms with Crippen LogP contribution in [0.4, 0.5) is 5.13 Å². The topological polar surface area (TPSA) is 54.0 Å². The molecule has 0 aliphatic heterocycles. The fraction of sp³-hybridized carbons (Fsp3) is 0.636. The van der Waals surface area contributed by atoms with Crippen LogP contribution in [0.15, 0.2) is 0 Å². The zero-order chi connectivity index (χ0) is 11.4. The molecule has 0 fully saturated rings. The second kappa shape index (κ2) is 5.41. The van der Waals surface area contributed by atoms with Gasteiger partial charge in [0.2, 0.25) is 6.41 Å². The zero-order valence-corrected chi connectivity index (χ0v) is 10.3. The molecule has 0 saturated heterocycles.